The molecule has 5 nitrogen and oxygen atoms in total. The number of hydrogen-bond donors (Lipinski definition) is 1. The fourth-order valence-electron chi connectivity index (χ4n) is 3.07. The summed E-state index contributed by atoms with van der Waals surface area (Å²) in [7, 11) is -3.94. The first-order valence-electron chi connectivity index (χ1n) is 10.1. The maximum absolute atomic E-state index is 13.5. The summed E-state index contributed by atoms with van der Waals surface area (Å²) in [5.74, 6) is 0.460. The Hall–Kier alpha value is -2.42. The Kier molecular flexibility index (Phi) is 8.28. The van der Waals surface area contributed by atoms with Crippen molar-refractivity contribution in [1.29, 1.82) is 0 Å². The molecule has 1 N–H and O–H groups in total. The third-order valence-corrected chi connectivity index (χ3v) is 8.20. The summed E-state index contributed by atoms with van der Waals surface area (Å²) < 4.78 is 28.2. The van der Waals surface area contributed by atoms with E-state index in [9.17, 15) is 13.2 Å². The average Bonchev–Trinajstić information content (AvgIpc) is 2.79. The molecule has 0 radical (unpaired) electrons. The molecule has 0 bridgehead atoms. The summed E-state index contributed by atoms with van der Waals surface area (Å²) in [6.07, 6.45) is 1.93. The van der Waals surface area contributed by atoms with Gasteiger partial charge in [-0.05, 0) is 67.5 Å². The normalized spacial score (nSPS) is 11.2. The van der Waals surface area contributed by atoms with E-state index in [0.717, 1.165) is 25.4 Å². The third-order valence-electron chi connectivity index (χ3n) is 4.72. The first kappa shape index (κ1) is 24.2. The van der Waals surface area contributed by atoms with Gasteiger partial charge in [0, 0.05) is 9.79 Å². The Balaban J connectivity index is 1.93. The molecule has 0 heterocycles. The zero-order chi connectivity index (χ0) is 23.1. The highest BCUT2D eigenvalue weighted by molar-refractivity contribution is 7.99. The molecule has 0 saturated heterocycles. The van der Waals surface area contributed by atoms with Crippen LogP contribution >= 0.6 is 23.5 Å². The number of carbonyl (C=O) groups excluding carboxylic acids is 1. The minimum absolute atomic E-state index is 0.144. The number of hydrogen-bond acceptors (Lipinski definition) is 5. The number of anilines is 2. The summed E-state index contributed by atoms with van der Waals surface area (Å²) >= 11 is 3.16. The molecule has 8 heteroatoms. The molecule has 168 valence electrons. The summed E-state index contributed by atoms with van der Waals surface area (Å²) in [4.78, 5) is 15.0. The molecule has 3 aromatic carbocycles. The molecule has 32 heavy (non-hydrogen) atoms. The average molecular weight is 487 g/mol. The Bertz CT molecular complexity index is 1160. The van der Waals surface area contributed by atoms with Gasteiger partial charge in [-0.1, -0.05) is 36.8 Å². The molecule has 0 aliphatic rings. The van der Waals surface area contributed by atoms with Crippen LogP contribution < -0.4 is 9.62 Å². The van der Waals surface area contributed by atoms with E-state index in [1.165, 1.54) is 11.8 Å². The largest absolute Gasteiger partial charge is 0.323 e. The molecule has 0 aliphatic heterocycles. The van der Waals surface area contributed by atoms with Gasteiger partial charge in [-0.3, -0.25) is 9.10 Å². The van der Waals surface area contributed by atoms with Gasteiger partial charge in [0.1, 0.15) is 6.54 Å². The van der Waals surface area contributed by atoms with Gasteiger partial charge in [-0.15, -0.1) is 23.5 Å². The first-order valence-corrected chi connectivity index (χ1v) is 13.8. The van der Waals surface area contributed by atoms with E-state index in [0.29, 0.717) is 11.4 Å². The number of carbonyl (C=O) groups is 1. The number of nitrogens with one attached hydrogen (secondary N) is 1. The highest BCUT2D eigenvalue weighted by Gasteiger charge is 2.27. The number of thioether (sulfide) groups is 2. The van der Waals surface area contributed by atoms with Gasteiger partial charge in [0.05, 0.1) is 16.3 Å². The van der Waals surface area contributed by atoms with Crippen LogP contribution in [-0.4, -0.2) is 32.9 Å². The van der Waals surface area contributed by atoms with Crippen LogP contribution in [0.1, 0.15) is 12.5 Å². The molecule has 0 saturated carbocycles. The predicted molar refractivity (Wildman–Crippen MR) is 135 cm³/mol. The van der Waals surface area contributed by atoms with E-state index in [1.54, 1.807) is 48.2 Å². The van der Waals surface area contributed by atoms with Crippen molar-refractivity contribution in [1.82, 2.24) is 0 Å². The van der Waals surface area contributed by atoms with Crippen molar-refractivity contribution >= 4 is 50.8 Å². The number of sulfonamides is 1. The molecule has 0 atom stereocenters. The standard InChI is InChI=1S/C24H26N2O3S3/c1-4-31-23-8-6-5-7-22(23)25-24(27)17-26(19-11-9-18(2)10-12-19)32(28,29)21-15-13-20(30-3)14-16-21/h5-16H,4,17H2,1-3H3,(H,25,27). The van der Waals surface area contributed by atoms with Gasteiger partial charge in [-0.25, -0.2) is 8.42 Å². The lowest BCUT2D eigenvalue weighted by molar-refractivity contribution is -0.114. The van der Waals surface area contributed by atoms with Crippen molar-refractivity contribution in [2.24, 2.45) is 0 Å². The minimum atomic E-state index is -3.94. The Morgan fingerprint density at radius 2 is 1.62 bits per heavy atom. The highest BCUT2D eigenvalue weighted by atomic mass is 32.2. The van der Waals surface area contributed by atoms with Crippen molar-refractivity contribution in [3.05, 3.63) is 78.4 Å². The van der Waals surface area contributed by atoms with Crippen molar-refractivity contribution < 1.29 is 13.2 Å². The van der Waals surface area contributed by atoms with Crippen LogP contribution in [0.2, 0.25) is 0 Å². The fraction of sp³-hybridized carbons (Fsp3) is 0.208. The van der Waals surface area contributed by atoms with Crippen molar-refractivity contribution in [3.8, 4) is 0 Å². The van der Waals surface area contributed by atoms with Gasteiger partial charge in [-0.2, -0.15) is 0 Å². The molecule has 3 aromatic rings. The lowest BCUT2D eigenvalue weighted by Crippen LogP contribution is -2.38. The second-order valence-electron chi connectivity index (χ2n) is 7.00. The van der Waals surface area contributed by atoms with E-state index in [2.05, 4.69) is 5.32 Å². The number of amides is 1. The second kappa shape index (κ2) is 10.9. The van der Waals surface area contributed by atoms with E-state index in [-0.39, 0.29) is 11.4 Å². The van der Waals surface area contributed by atoms with E-state index >= 15 is 0 Å². The lowest BCUT2D eigenvalue weighted by atomic mass is 10.2. The highest BCUT2D eigenvalue weighted by Crippen LogP contribution is 2.28. The summed E-state index contributed by atoms with van der Waals surface area (Å²) in [5.41, 5.74) is 2.12. The van der Waals surface area contributed by atoms with Crippen LogP contribution in [0, 0.1) is 6.92 Å². The van der Waals surface area contributed by atoms with Crippen LogP contribution in [-0.2, 0) is 14.8 Å². The number of nitrogens with zero attached hydrogens (tertiary/aromatic N) is 1. The van der Waals surface area contributed by atoms with E-state index in [1.807, 2.05) is 56.5 Å². The van der Waals surface area contributed by atoms with Gasteiger partial charge >= 0.3 is 0 Å². The number of para-hydroxylation sites is 1. The third kappa shape index (κ3) is 5.88. The van der Waals surface area contributed by atoms with Crippen LogP contribution in [0.4, 0.5) is 11.4 Å². The van der Waals surface area contributed by atoms with Crippen molar-refractivity contribution in [2.45, 2.75) is 28.5 Å². The minimum Gasteiger partial charge on any atom is -0.323 e. The number of aryl methyl sites for hydroxylation is 1. The maximum Gasteiger partial charge on any atom is 0.264 e. The van der Waals surface area contributed by atoms with Crippen LogP contribution in [0.5, 0.6) is 0 Å². The molecular formula is C24H26N2O3S3. The molecule has 3 rings (SSSR count). The SMILES string of the molecule is CCSc1ccccc1NC(=O)CN(c1ccc(C)cc1)S(=O)(=O)c1ccc(SC)cc1. The smallest absolute Gasteiger partial charge is 0.264 e. The topological polar surface area (TPSA) is 66.5 Å². The molecule has 0 fully saturated rings. The number of rotatable bonds is 9. The van der Waals surface area contributed by atoms with Gasteiger partial charge in [0.25, 0.3) is 10.0 Å². The van der Waals surface area contributed by atoms with Crippen LogP contribution in [0.3, 0.4) is 0 Å². The van der Waals surface area contributed by atoms with Gasteiger partial charge < -0.3 is 5.32 Å². The molecular weight excluding hydrogens is 460 g/mol. The Morgan fingerprint density at radius 3 is 2.25 bits per heavy atom. The molecule has 0 aromatic heterocycles. The van der Waals surface area contributed by atoms with E-state index < -0.39 is 15.9 Å². The second-order valence-corrected chi connectivity index (χ2v) is 11.0. The number of benzene rings is 3. The first-order chi connectivity index (χ1) is 15.3. The molecule has 0 aliphatic carbocycles. The van der Waals surface area contributed by atoms with Crippen LogP contribution in [0.25, 0.3) is 0 Å². The van der Waals surface area contributed by atoms with Gasteiger partial charge in [0.2, 0.25) is 5.91 Å². The lowest BCUT2D eigenvalue weighted by Gasteiger charge is -2.24. The zero-order valence-electron chi connectivity index (χ0n) is 18.2. The summed E-state index contributed by atoms with van der Waals surface area (Å²) in [5, 5.41) is 2.88. The fourth-order valence-corrected chi connectivity index (χ4v) is 5.66. The summed E-state index contributed by atoms with van der Waals surface area (Å²) in [6.45, 7) is 3.64. The van der Waals surface area contributed by atoms with Gasteiger partial charge in [0.15, 0.2) is 0 Å². The molecule has 1 amide bonds. The quantitative estimate of drug-likeness (QED) is 0.395. The van der Waals surface area contributed by atoms with Crippen molar-refractivity contribution in [3.63, 3.8) is 0 Å². The van der Waals surface area contributed by atoms with E-state index in [4.69, 9.17) is 0 Å². The molecule has 0 unspecified atom stereocenters. The molecule has 0 spiro atoms. The Morgan fingerprint density at radius 1 is 0.969 bits per heavy atom. The maximum atomic E-state index is 13.5. The predicted octanol–water partition coefficient (Wildman–Crippen LogP) is 5.66. The van der Waals surface area contributed by atoms with Crippen LogP contribution in [0.15, 0.2) is 87.5 Å². The zero-order valence-corrected chi connectivity index (χ0v) is 20.7. The summed E-state index contributed by atoms with van der Waals surface area (Å²) in [6, 6.07) is 21.3. The Labute approximate surface area is 198 Å². The van der Waals surface area contributed by atoms with Crippen molar-refractivity contribution in [2.75, 3.05) is 28.2 Å². The monoisotopic (exact) mass is 486 g/mol.